The van der Waals surface area contributed by atoms with Crippen LogP contribution in [-0.2, 0) is 12.8 Å². The van der Waals surface area contributed by atoms with Crippen LogP contribution in [0.5, 0.6) is 0 Å². The van der Waals surface area contributed by atoms with E-state index in [0.29, 0.717) is 0 Å². The van der Waals surface area contributed by atoms with Crippen molar-refractivity contribution in [2.24, 2.45) is 7.05 Å². The molecule has 0 aliphatic rings. The Morgan fingerprint density at radius 3 is 2.92 bits per heavy atom. The van der Waals surface area contributed by atoms with E-state index in [1.807, 2.05) is 0 Å². The molecule has 13 heavy (non-hydrogen) atoms. The predicted octanol–water partition coefficient (Wildman–Crippen LogP) is 3.37. The summed E-state index contributed by atoms with van der Waals surface area (Å²) in [6.07, 6.45) is 2.13. The summed E-state index contributed by atoms with van der Waals surface area (Å²) in [5, 5.41) is 1.28. The van der Waals surface area contributed by atoms with Crippen LogP contribution in [0, 0.1) is 0 Å². The highest BCUT2D eigenvalue weighted by Gasteiger charge is 2.06. The van der Waals surface area contributed by atoms with E-state index in [0.717, 1.165) is 10.2 Å². The van der Waals surface area contributed by atoms with Gasteiger partial charge in [0.05, 0.1) is 5.52 Å². The van der Waals surface area contributed by atoms with Gasteiger partial charge in [0.1, 0.15) is 0 Å². The number of aromatic nitrogens is 1. The highest BCUT2D eigenvalue weighted by Crippen LogP contribution is 2.28. The molecular weight excluding hydrogens is 246 g/mol. The molecule has 0 saturated heterocycles. The Kier molecular flexibility index (Phi) is 2.39. The lowest BCUT2D eigenvalue weighted by molar-refractivity contribution is 0.961. The van der Waals surface area contributed by atoms with Gasteiger partial charge in [0, 0.05) is 28.9 Å². The van der Waals surface area contributed by atoms with Crippen molar-refractivity contribution in [3.05, 3.63) is 34.4 Å². The first-order chi connectivity index (χ1) is 6.24. The Balaban J connectivity index is 2.87. The minimum atomic E-state index is 0.786. The van der Waals surface area contributed by atoms with Gasteiger partial charge in [-0.15, -0.1) is 0 Å². The van der Waals surface area contributed by atoms with Gasteiger partial charge in [-0.25, -0.2) is 0 Å². The first kappa shape index (κ1) is 9.16. The number of nitrogens with zero attached hydrogens (tertiary/aromatic N) is 1. The predicted molar refractivity (Wildman–Crippen MR) is 63.3 cm³/mol. The molecule has 0 fully saturated rings. The van der Waals surface area contributed by atoms with Gasteiger partial charge in [0.2, 0.25) is 0 Å². The van der Waals surface area contributed by atoms with Crippen molar-refractivity contribution in [2.75, 3.05) is 0 Å². The quantitative estimate of drug-likeness (QED) is 0.746. The molecule has 1 aromatic carbocycles. The standard InChI is InChI=1S/C10H10BrNS/c1-12-5-7(6-13)8-3-2-4-9(11)10(8)12/h2-5,13H,6H2,1H3. The monoisotopic (exact) mass is 255 g/mol. The van der Waals surface area contributed by atoms with Crippen LogP contribution in [0.25, 0.3) is 10.9 Å². The van der Waals surface area contributed by atoms with Gasteiger partial charge in [0.15, 0.2) is 0 Å². The molecule has 3 heteroatoms. The summed E-state index contributed by atoms with van der Waals surface area (Å²) in [6.45, 7) is 0. The molecule has 0 atom stereocenters. The fourth-order valence-corrected chi connectivity index (χ4v) is 2.52. The van der Waals surface area contributed by atoms with Crippen molar-refractivity contribution >= 4 is 39.5 Å². The first-order valence-corrected chi connectivity index (χ1v) is 5.50. The van der Waals surface area contributed by atoms with Gasteiger partial charge in [-0.2, -0.15) is 12.6 Å². The number of benzene rings is 1. The number of fused-ring (bicyclic) bond motifs is 1. The Hall–Kier alpha value is -0.410. The lowest BCUT2D eigenvalue weighted by atomic mass is 10.2. The molecule has 0 amide bonds. The van der Waals surface area contributed by atoms with Crippen molar-refractivity contribution in [2.45, 2.75) is 5.75 Å². The Morgan fingerprint density at radius 2 is 2.23 bits per heavy atom. The van der Waals surface area contributed by atoms with E-state index >= 15 is 0 Å². The zero-order valence-electron chi connectivity index (χ0n) is 7.29. The van der Waals surface area contributed by atoms with E-state index in [-0.39, 0.29) is 0 Å². The lowest BCUT2D eigenvalue weighted by Gasteiger charge is -1.98. The number of hydrogen-bond donors (Lipinski definition) is 1. The molecule has 0 spiro atoms. The second-order valence-corrected chi connectivity index (χ2v) is 4.23. The average molecular weight is 256 g/mol. The third-order valence-corrected chi connectivity index (χ3v) is 3.19. The van der Waals surface area contributed by atoms with Crippen LogP contribution >= 0.6 is 28.6 Å². The molecule has 0 aliphatic heterocycles. The number of aryl methyl sites for hydroxylation is 1. The van der Waals surface area contributed by atoms with Crippen LogP contribution in [0.1, 0.15) is 5.56 Å². The highest BCUT2D eigenvalue weighted by atomic mass is 79.9. The number of rotatable bonds is 1. The summed E-state index contributed by atoms with van der Waals surface area (Å²) >= 11 is 7.85. The summed E-state index contributed by atoms with van der Waals surface area (Å²) in [4.78, 5) is 0. The Morgan fingerprint density at radius 1 is 1.46 bits per heavy atom. The topological polar surface area (TPSA) is 4.93 Å². The van der Waals surface area contributed by atoms with Crippen LogP contribution in [0.3, 0.4) is 0 Å². The minimum Gasteiger partial charge on any atom is -0.349 e. The molecule has 0 bridgehead atoms. The summed E-state index contributed by atoms with van der Waals surface area (Å²) in [5.74, 6) is 0.786. The van der Waals surface area contributed by atoms with Crippen molar-refractivity contribution in [3.63, 3.8) is 0 Å². The number of halogens is 1. The fraction of sp³-hybridized carbons (Fsp3) is 0.200. The average Bonchev–Trinajstić information content (AvgIpc) is 2.44. The van der Waals surface area contributed by atoms with E-state index < -0.39 is 0 Å². The fourth-order valence-electron chi connectivity index (χ4n) is 1.63. The molecule has 1 heterocycles. The van der Waals surface area contributed by atoms with E-state index in [1.165, 1.54) is 16.5 Å². The number of para-hydroxylation sites is 1. The molecule has 68 valence electrons. The maximum atomic E-state index is 4.30. The third-order valence-electron chi connectivity index (χ3n) is 2.21. The summed E-state index contributed by atoms with van der Waals surface area (Å²) in [7, 11) is 2.06. The normalized spacial score (nSPS) is 11.0. The van der Waals surface area contributed by atoms with Crippen molar-refractivity contribution < 1.29 is 0 Å². The van der Waals surface area contributed by atoms with Gasteiger partial charge < -0.3 is 4.57 Å². The Bertz CT molecular complexity index is 447. The SMILES string of the molecule is Cn1cc(CS)c2cccc(Br)c21. The van der Waals surface area contributed by atoms with Gasteiger partial charge in [-0.05, 0) is 27.6 Å². The molecular formula is C10H10BrNS. The smallest absolute Gasteiger partial charge is 0.0625 e. The number of hydrogen-bond acceptors (Lipinski definition) is 1. The molecule has 0 saturated carbocycles. The van der Waals surface area contributed by atoms with Gasteiger partial charge in [-0.1, -0.05) is 12.1 Å². The molecule has 2 aromatic rings. The third kappa shape index (κ3) is 1.40. The molecule has 2 rings (SSSR count). The largest absolute Gasteiger partial charge is 0.349 e. The van der Waals surface area contributed by atoms with E-state index in [1.54, 1.807) is 0 Å². The molecule has 0 radical (unpaired) electrons. The van der Waals surface area contributed by atoms with Crippen LogP contribution in [0.15, 0.2) is 28.9 Å². The number of thiol groups is 1. The Labute approximate surface area is 91.3 Å². The minimum absolute atomic E-state index is 0.786. The maximum Gasteiger partial charge on any atom is 0.0625 e. The zero-order valence-corrected chi connectivity index (χ0v) is 9.77. The summed E-state index contributed by atoms with van der Waals surface area (Å²) < 4.78 is 3.27. The van der Waals surface area contributed by atoms with Crippen LogP contribution < -0.4 is 0 Å². The second-order valence-electron chi connectivity index (χ2n) is 3.06. The maximum absolute atomic E-state index is 4.30. The van der Waals surface area contributed by atoms with Crippen molar-refractivity contribution in [3.8, 4) is 0 Å². The first-order valence-electron chi connectivity index (χ1n) is 4.07. The molecule has 1 nitrogen and oxygen atoms in total. The molecule has 0 N–H and O–H groups in total. The molecule has 0 aliphatic carbocycles. The summed E-state index contributed by atoms with van der Waals surface area (Å²) in [6, 6.07) is 6.25. The second kappa shape index (κ2) is 3.39. The molecule has 0 unspecified atom stereocenters. The van der Waals surface area contributed by atoms with Crippen molar-refractivity contribution in [1.82, 2.24) is 4.57 Å². The van der Waals surface area contributed by atoms with Gasteiger partial charge in [0.25, 0.3) is 0 Å². The van der Waals surface area contributed by atoms with Gasteiger partial charge >= 0.3 is 0 Å². The van der Waals surface area contributed by atoms with Crippen LogP contribution in [0.2, 0.25) is 0 Å². The van der Waals surface area contributed by atoms with E-state index in [4.69, 9.17) is 0 Å². The zero-order chi connectivity index (χ0) is 9.42. The lowest BCUT2D eigenvalue weighted by Crippen LogP contribution is -1.83. The van der Waals surface area contributed by atoms with E-state index in [9.17, 15) is 0 Å². The van der Waals surface area contributed by atoms with Crippen LogP contribution in [-0.4, -0.2) is 4.57 Å². The highest BCUT2D eigenvalue weighted by molar-refractivity contribution is 9.10. The summed E-state index contributed by atoms with van der Waals surface area (Å²) in [5.41, 5.74) is 2.52. The van der Waals surface area contributed by atoms with Gasteiger partial charge in [-0.3, -0.25) is 0 Å². The van der Waals surface area contributed by atoms with E-state index in [2.05, 4.69) is 64.6 Å². The van der Waals surface area contributed by atoms with Crippen LogP contribution in [0.4, 0.5) is 0 Å². The van der Waals surface area contributed by atoms with Crippen molar-refractivity contribution in [1.29, 1.82) is 0 Å². The molecule has 1 aromatic heterocycles.